The van der Waals surface area contributed by atoms with Gasteiger partial charge in [0.15, 0.2) is 18.9 Å². The second-order valence-corrected chi connectivity index (χ2v) is 28.5. The highest BCUT2D eigenvalue weighted by Crippen LogP contribution is 2.33. The number of ether oxygens (including phenoxy) is 6. The number of rotatable bonds is 63. The summed E-state index contributed by atoms with van der Waals surface area (Å²) < 4.78 is 34.5. The van der Waals surface area contributed by atoms with Crippen molar-refractivity contribution >= 4 is 5.91 Å². The summed E-state index contributed by atoms with van der Waals surface area (Å²) in [5.41, 5.74) is 0. The van der Waals surface area contributed by atoms with Crippen LogP contribution in [-0.2, 0) is 33.2 Å². The zero-order valence-electron chi connectivity index (χ0n) is 60.8. The molecule has 0 bridgehead atoms. The molecule has 19 nitrogen and oxygen atoms in total. The molecule has 570 valence electrons. The first-order valence-corrected chi connectivity index (χ1v) is 39.7. The van der Waals surface area contributed by atoms with Crippen molar-refractivity contribution < 1.29 is 89.4 Å². The maximum absolute atomic E-state index is 13.5. The van der Waals surface area contributed by atoms with Crippen molar-refractivity contribution in [2.24, 2.45) is 0 Å². The molecule has 0 radical (unpaired) electrons. The number of aliphatic hydroxyl groups is 11. The molecule has 0 aromatic heterocycles. The van der Waals surface area contributed by atoms with E-state index in [1.165, 1.54) is 231 Å². The van der Waals surface area contributed by atoms with Crippen molar-refractivity contribution in [1.29, 1.82) is 0 Å². The van der Waals surface area contributed by atoms with E-state index in [9.17, 15) is 61.0 Å². The number of carbonyl (C=O) groups excluding carboxylic acids is 1. The van der Waals surface area contributed by atoms with Gasteiger partial charge < -0.3 is 89.9 Å². The standard InChI is InChI=1S/C78H145NO18/c1-3-5-7-9-11-13-15-17-19-21-23-25-27-28-29-30-31-32-34-36-38-40-42-44-46-48-50-52-54-56-66(84)79-61(62(83)55-53-51-49-47-45-43-41-39-37-35-33-26-24-22-20-18-16-14-12-10-8-6-4-2)60-92-76-72(90)69(87)74(64(58-81)94-76)97-78-73(91)70(88)75(65(59-82)95-78)96-77-71(89)68(86)67(85)63(57-80)93-77/h15,17,21,23,27-28,61-65,67-78,80-83,85-91H,3-14,16,18-20,22,24-26,29-60H2,1-2H3,(H,79,84)/b17-15-,23-21-,28-27-. The van der Waals surface area contributed by atoms with Crippen molar-refractivity contribution in [2.45, 2.75) is 426 Å². The van der Waals surface area contributed by atoms with E-state index < -0.39 is 124 Å². The highest BCUT2D eigenvalue weighted by molar-refractivity contribution is 5.76. The molecule has 0 aliphatic carbocycles. The Balaban J connectivity index is 1.38. The minimum Gasteiger partial charge on any atom is -0.394 e. The van der Waals surface area contributed by atoms with E-state index in [-0.39, 0.29) is 18.9 Å². The fourth-order valence-electron chi connectivity index (χ4n) is 13.6. The molecule has 3 fully saturated rings. The first-order chi connectivity index (χ1) is 47.3. The number of amides is 1. The summed E-state index contributed by atoms with van der Waals surface area (Å²) in [6, 6.07) is -0.889. The molecule has 0 saturated carbocycles. The van der Waals surface area contributed by atoms with Crippen molar-refractivity contribution in [3.63, 3.8) is 0 Å². The average molecular weight is 1390 g/mol. The second-order valence-electron chi connectivity index (χ2n) is 28.5. The molecule has 0 aromatic rings. The topological polar surface area (TPSA) is 307 Å². The van der Waals surface area contributed by atoms with Crippen LogP contribution in [0.25, 0.3) is 0 Å². The van der Waals surface area contributed by atoms with Crippen LogP contribution in [0.3, 0.4) is 0 Å². The molecule has 3 aliphatic heterocycles. The lowest BCUT2D eigenvalue weighted by molar-refractivity contribution is -0.379. The van der Waals surface area contributed by atoms with E-state index in [1.807, 2.05) is 0 Å². The summed E-state index contributed by atoms with van der Waals surface area (Å²) >= 11 is 0. The molecular weight excluding hydrogens is 1240 g/mol. The van der Waals surface area contributed by atoms with Crippen molar-refractivity contribution in [3.8, 4) is 0 Å². The Morgan fingerprint density at radius 3 is 1.06 bits per heavy atom. The summed E-state index contributed by atoms with van der Waals surface area (Å²) in [6.45, 7) is 1.84. The second kappa shape index (κ2) is 59.4. The Labute approximate surface area is 587 Å². The highest BCUT2D eigenvalue weighted by Gasteiger charge is 2.54. The summed E-state index contributed by atoms with van der Waals surface area (Å²) in [7, 11) is 0. The van der Waals surface area contributed by atoms with Crippen LogP contribution in [0.5, 0.6) is 0 Å². The van der Waals surface area contributed by atoms with E-state index in [0.29, 0.717) is 12.8 Å². The monoisotopic (exact) mass is 1380 g/mol. The zero-order valence-corrected chi connectivity index (χ0v) is 60.8. The van der Waals surface area contributed by atoms with Crippen molar-refractivity contribution in [1.82, 2.24) is 5.32 Å². The third-order valence-electron chi connectivity index (χ3n) is 20.0. The molecule has 17 atom stereocenters. The van der Waals surface area contributed by atoms with Gasteiger partial charge in [0.25, 0.3) is 0 Å². The van der Waals surface area contributed by atoms with Crippen LogP contribution >= 0.6 is 0 Å². The summed E-state index contributed by atoms with van der Waals surface area (Å²) in [4.78, 5) is 13.5. The van der Waals surface area contributed by atoms with Crippen LogP contribution in [0.1, 0.15) is 322 Å². The molecule has 12 N–H and O–H groups in total. The number of hydrogen-bond acceptors (Lipinski definition) is 18. The molecule has 3 aliphatic rings. The molecule has 97 heavy (non-hydrogen) atoms. The fourth-order valence-corrected chi connectivity index (χ4v) is 13.6. The maximum atomic E-state index is 13.5. The van der Waals surface area contributed by atoms with Crippen LogP contribution in [0.15, 0.2) is 36.5 Å². The maximum Gasteiger partial charge on any atom is 0.220 e. The molecule has 3 saturated heterocycles. The average Bonchev–Trinajstić information content (AvgIpc) is 0.789. The van der Waals surface area contributed by atoms with Crippen LogP contribution in [0, 0.1) is 0 Å². The predicted molar refractivity (Wildman–Crippen MR) is 383 cm³/mol. The zero-order chi connectivity index (χ0) is 70.4. The minimum absolute atomic E-state index is 0.239. The summed E-state index contributed by atoms with van der Waals surface area (Å²) in [6.07, 6.45) is 45.1. The van der Waals surface area contributed by atoms with E-state index in [1.54, 1.807) is 0 Å². The van der Waals surface area contributed by atoms with Crippen molar-refractivity contribution in [3.05, 3.63) is 36.5 Å². The Bertz CT molecular complexity index is 1900. The Morgan fingerprint density at radius 2 is 0.680 bits per heavy atom. The van der Waals surface area contributed by atoms with Gasteiger partial charge in [-0.05, 0) is 51.4 Å². The van der Waals surface area contributed by atoms with E-state index in [2.05, 4.69) is 55.6 Å². The lowest BCUT2D eigenvalue weighted by atomic mass is 9.96. The SMILES string of the molecule is CCCCCCC/C=C\C/C=C\C/C=C\CCCCCCCCCCCCCCCCC(=O)NC(COC1OC(CO)C(OC2OC(CO)C(OC3OC(CO)C(O)C(O)C3O)C(O)C2O)C(O)C1O)C(O)CCCCCCCCCCCCCCCCCCCCCCCCC. The lowest BCUT2D eigenvalue weighted by Gasteiger charge is -2.48. The van der Waals surface area contributed by atoms with Gasteiger partial charge in [-0.2, -0.15) is 0 Å². The van der Waals surface area contributed by atoms with Gasteiger partial charge in [0.2, 0.25) is 5.91 Å². The summed E-state index contributed by atoms with van der Waals surface area (Å²) in [5, 5.41) is 121. The molecule has 17 unspecified atom stereocenters. The Morgan fingerprint density at radius 1 is 0.371 bits per heavy atom. The number of unbranched alkanes of at least 4 members (excludes halogenated alkanes) is 41. The van der Waals surface area contributed by atoms with Gasteiger partial charge in [-0.25, -0.2) is 0 Å². The van der Waals surface area contributed by atoms with E-state index >= 15 is 0 Å². The van der Waals surface area contributed by atoms with Crippen molar-refractivity contribution in [2.75, 3.05) is 26.4 Å². The summed E-state index contributed by atoms with van der Waals surface area (Å²) in [5.74, 6) is -0.239. The number of nitrogens with one attached hydrogen (secondary N) is 1. The molecule has 3 heterocycles. The normalized spacial score (nSPS) is 27.0. The number of allylic oxidation sites excluding steroid dienone is 6. The van der Waals surface area contributed by atoms with Crippen LogP contribution in [0.4, 0.5) is 0 Å². The molecule has 19 heteroatoms. The largest absolute Gasteiger partial charge is 0.394 e. The quantitative estimate of drug-likeness (QED) is 0.0199. The van der Waals surface area contributed by atoms with Gasteiger partial charge >= 0.3 is 0 Å². The molecule has 1 amide bonds. The lowest BCUT2D eigenvalue weighted by Crippen LogP contribution is -2.66. The third kappa shape index (κ3) is 40.0. The smallest absolute Gasteiger partial charge is 0.220 e. The fraction of sp³-hybridized carbons (Fsp3) is 0.910. The number of hydrogen-bond donors (Lipinski definition) is 12. The van der Waals surface area contributed by atoms with Gasteiger partial charge in [-0.1, -0.05) is 301 Å². The molecule has 0 aromatic carbocycles. The van der Waals surface area contributed by atoms with Gasteiger partial charge in [0, 0.05) is 6.42 Å². The van der Waals surface area contributed by atoms with Gasteiger partial charge in [-0.3, -0.25) is 4.79 Å². The predicted octanol–water partition coefficient (Wildman–Crippen LogP) is 12.7. The Hall–Kier alpha value is -1.99. The van der Waals surface area contributed by atoms with Crippen LogP contribution in [-0.4, -0.2) is 193 Å². The minimum atomic E-state index is -1.97. The number of carbonyl (C=O) groups is 1. The van der Waals surface area contributed by atoms with Gasteiger partial charge in [0.1, 0.15) is 73.2 Å². The third-order valence-corrected chi connectivity index (χ3v) is 20.0. The first kappa shape index (κ1) is 89.2. The van der Waals surface area contributed by atoms with Gasteiger partial charge in [0.05, 0.1) is 38.6 Å². The van der Waals surface area contributed by atoms with Crippen LogP contribution in [0.2, 0.25) is 0 Å². The van der Waals surface area contributed by atoms with Crippen LogP contribution < -0.4 is 5.32 Å². The highest BCUT2D eigenvalue weighted by atomic mass is 16.8. The van der Waals surface area contributed by atoms with Gasteiger partial charge in [-0.15, -0.1) is 0 Å². The molecule has 3 rings (SSSR count). The molecule has 0 spiro atoms. The number of aliphatic hydroxyl groups excluding tert-OH is 11. The molecular formula is C78H145NO18. The van der Waals surface area contributed by atoms with E-state index in [0.717, 1.165) is 57.8 Å². The van der Waals surface area contributed by atoms with E-state index in [4.69, 9.17) is 28.4 Å². The Kier molecular flexibility index (Phi) is 54.6. The first-order valence-electron chi connectivity index (χ1n) is 39.7.